The number of likely N-dealkylation sites (tertiary alicyclic amines) is 1. The summed E-state index contributed by atoms with van der Waals surface area (Å²) in [6.45, 7) is 3.92. The fraction of sp³-hybridized carbons (Fsp3) is 0.500. The Labute approximate surface area is 126 Å². The second-order valence-corrected chi connectivity index (χ2v) is 5.96. The number of fused-ring (bicyclic) bond motifs is 1. The predicted molar refractivity (Wildman–Crippen MR) is 79.9 cm³/mol. The average Bonchev–Trinajstić information content (AvgIpc) is 2.74. The third kappa shape index (κ3) is 2.36. The van der Waals surface area contributed by atoms with E-state index in [0.29, 0.717) is 18.3 Å². The summed E-state index contributed by atoms with van der Waals surface area (Å²) < 4.78 is 10.4. The van der Waals surface area contributed by atoms with E-state index in [1.807, 2.05) is 11.8 Å². The molecule has 1 aliphatic heterocycles. The third-order valence-corrected chi connectivity index (χ3v) is 4.78. The van der Waals surface area contributed by atoms with E-state index in [-0.39, 0.29) is 5.91 Å². The first-order chi connectivity index (χ1) is 10.2. The molecular formula is C14H17N3O3S. The van der Waals surface area contributed by atoms with Crippen LogP contribution in [-0.4, -0.2) is 48.1 Å². The van der Waals surface area contributed by atoms with E-state index >= 15 is 0 Å². The van der Waals surface area contributed by atoms with Crippen LogP contribution in [0.3, 0.4) is 0 Å². The summed E-state index contributed by atoms with van der Waals surface area (Å²) in [4.78, 5) is 24.6. The van der Waals surface area contributed by atoms with Crippen LogP contribution in [0, 0.1) is 6.92 Å². The lowest BCUT2D eigenvalue weighted by molar-refractivity contribution is 0.0656. The van der Waals surface area contributed by atoms with Gasteiger partial charge in [-0.25, -0.2) is 4.98 Å². The molecule has 21 heavy (non-hydrogen) atoms. The summed E-state index contributed by atoms with van der Waals surface area (Å²) in [5.74, 6) is 1.15. The second-order valence-electron chi connectivity index (χ2n) is 4.96. The molecule has 0 saturated carbocycles. The summed E-state index contributed by atoms with van der Waals surface area (Å²) >= 11 is 1.40. The van der Waals surface area contributed by atoms with Gasteiger partial charge in [-0.3, -0.25) is 4.79 Å². The van der Waals surface area contributed by atoms with Gasteiger partial charge >= 0.3 is 0 Å². The largest absolute Gasteiger partial charge is 0.480 e. The maximum atomic E-state index is 12.5. The zero-order chi connectivity index (χ0) is 15.0. The first-order valence-corrected chi connectivity index (χ1v) is 7.59. The molecule has 0 N–H and O–H groups in total. The van der Waals surface area contributed by atoms with Crippen molar-refractivity contribution in [1.82, 2.24) is 14.9 Å². The molecule has 2 aromatic heterocycles. The number of carbonyl (C=O) groups excluding carboxylic acids is 1. The van der Waals surface area contributed by atoms with Gasteiger partial charge in [0.1, 0.15) is 11.4 Å². The molecule has 0 atom stereocenters. The average molecular weight is 307 g/mol. The molecule has 0 aromatic carbocycles. The lowest BCUT2D eigenvalue weighted by Crippen LogP contribution is -2.41. The van der Waals surface area contributed by atoms with Gasteiger partial charge in [0, 0.05) is 20.2 Å². The SMILES string of the molecule is COCc1nc(OC)c2c(C)c(C(=O)N3CCC3)sc2n1. The van der Waals surface area contributed by atoms with Crippen molar-refractivity contribution in [2.45, 2.75) is 20.0 Å². The van der Waals surface area contributed by atoms with Crippen LogP contribution in [0.2, 0.25) is 0 Å². The fourth-order valence-electron chi connectivity index (χ4n) is 2.35. The van der Waals surface area contributed by atoms with Crippen molar-refractivity contribution in [3.8, 4) is 5.88 Å². The van der Waals surface area contributed by atoms with Crippen LogP contribution in [0.15, 0.2) is 0 Å². The number of hydrogen-bond donors (Lipinski definition) is 0. The number of rotatable bonds is 4. The summed E-state index contributed by atoms with van der Waals surface area (Å²) in [5, 5.41) is 0.825. The summed E-state index contributed by atoms with van der Waals surface area (Å²) in [6, 6.07) is 0. The number of hydrogen-bond acceptors (Lipinski definition) is 6. The van der Waals surface area contributed by atoms with Crippen LogP contribution < -0.4 is 4.74 Å². The second kappa shape index (κ2) is 5.57. The molecule has 1 fully saturated rings. The van der Waals surface area contributed by atoms with Crippen molar-refractivity contribution in [2.24, 2.45) is 0 Å². The highest BCUT2D eigenvalue weighted by Gasteiger charge is 2.27. The number of nitrogens with zero attached hydrogens (tertiary/aromatic N) is 3. The van der Waals surface area contributed by atoms with Crippen LogP contribution in [0.5, 0.6) is 5.88 Å². The maximum Gasteiger partial charge on any atom is 0.264 e. The van der Waals surface area contributed by atoms with Crippen LogP contribution in [-0.2, 0) is 11.3 Å². The van der Waals surface area contributed by atoms with Gasteiger partial charge in [-0.2, -0.15) is 4.98 Å². The van der Waals surface area contributed by atoms with E-state index in [4.69, 9.17) is 9.47 Å². The van der Waals surface area contributed by atoms with Gasteiger partial charge in [-0.1, -0.05) is 0 Å². The number of carbonyl (C=O) groups is 1. The van der Waals surface area contributed by atoms with Crippen molar-refractivity contribution in [2.75, 3.05) is 27.3 Å². The molecular weight excluding hydrogens is 290 g/mol. The van der Waals surface area contributed by atoms with Crippen molar-refractivity contribution in [3.63, 3.8) is 0 Å². The van der Waals surface area contributed by atoms with Gasteiger partial charge in [-0.05, 0) is 18.9 Å². The Morgan fingerprint density at radius 1 is 1.33 bits per heavy atom. The number of thiophene rings is 1. The minimum Gasteiger partial charge on any atom is -0.480 e. The van der Waals surface area contributed by atoms with Gasteiger partial charge < -0.3 is 14.4 Å². The molecule has 0 bridgehead atoms. The minimum absolute atomic E-state index is 0.0806. The number of methoxy groups -OCH3 is 2. The monoisotopic (exact) mass is 307 g/mol. The minimum atomic E-state index is 0.0806. The standard InChI is InChI=1S/C14H17N3O3S/c1-8-10-12(20-3)15-9(7-19-2)16-13(10)21-11(8)14(18)17-5-4-6-17/h4-7H2,1-3H3. The third-order valence-electron chi connectivity index (χ3n) is 3.61. The first-order valence-electron chi connectivity index (χ1n) is 6.78. The van der Waals surface area contributed by atoms with Crippen molar-refractivity contribution in [1.29, 1.82) is 0 Å². The Morgan fingerprint density at radius 3 is 2.67 bits per heavy atom. The lowest BCUT2D eigenvalue weighted by Gasteiger charge is -2.30. The highest BCUT2D eigenvalue weighted by molar-refractivity contribution is 7.20. The summed E-state index contributed by atoms with van der Waals surface area (Å²) in [7, 11) is 3.17. The van der Waals surface area contributed by atoms with E-state index in [1.54, 1.807) is 14.2 Å². The van der Waals surface area contributed by atoms with Crippen LogP contribution >= 0.6 is 11.3 Å². The van der Waals surface area contributed by atoms with E-state index in [0.717, 1.165) is 40.2 Å². The molecule has 3 rings (SSSR count). The van der Waals surface area contributed by atoms with Crippen molar-refractivity contribution < 1.29 is 14.3 Å². The Kier molecular flexibility index (Phi) is 3.77. The van der Waals surface area contributed by atoms with Gasteiger partial charge in [-0.15, -0.1) is 11.3 Å². The molecule has 1 aliphatic rings. The van der Waals surface area contributed by atoms with Crippen molar-refractivity contribution >= 4 is 27.5 Å². The molecule has 7 heteroatoms. The maximum absolute atomic E-state index is 12.5. The molecule has 0 radical (unpaired) electrons. The van der Waals surface area contributed by atoms with Crippen LogP contribution in [0.4, 0.5) is 0 Å². The van der Waals surface area contributed by atoms with Gasteiger partial charge in [0.2, 0.25) is 5.88 Å². The van der Waals surface area contributed by atoms with Crippen LogP contribution in [0.1, 0.15) is 27.5 Å². The topological polar surface area (TPSA) is 64.6 Å². The normalized spacial score (nSPS) is 14.3. The molecule has 1 amide bonds. The van der Waals surface area contributed by atoms with E-state index < -0.39 is 0 Å². The van der Waals surface area contributed by atoms with Gasteiger partial charge in [0.15, 0.2) is 5.82 Å². The molecule has 112 valence electrons. The number of aromatic nitrogens is 2. The summed E-state index contributed by atoms with van der Waals surface area (Å²) in [6.07, 6.45) is 1.08. The molecule has 0 spiro atoms. The van der Waals surface area contributed by atoms with Crippen LogP contribution in [0.25, 0.3) is 10.2 Å². The Bertz CT molecular complexity index is 694. The smallest absolute Gasteiger partial charge is 0.264 e. The highest BCUT2D eigenvalue weighted by Crippen LogP contribution is 2.36. The first kappa shape index (κ1) is 14.2. The van der Waals surface area contributed by atoms with E-state index in [1.165, 1.54) is 11.3 Å². The lowest BCUT2D eigenvalue weighted by atomic mass is 10.1. The zero-order valence-corrected chi connectivity index (χ0v) is 13.1. The van der Waals surface area contributed by atoms with E-state index in [2.05, 4.69) is 9.97 Å². The number of aryl methyl sites for hydroxylation is 1. The molecule has 6 nitrogen and oxygen atoms in total. The molecule has 0 unspecified atom stereocenters. The molecule has 2 aromatic rings. The molecule has 0 aliphatic carbocycles. The van der Waals surface area contributed by atoms with Gasteiger partial charge in [0.25, 0.3) is 5.91 Å². The Balaban J connectivity index is 2.11. The van der Waals surface area contributed by atoms with E-state index in [9.17, 15) is 4.79 Å². The zero-order valence-electron chi connectivity index (χ0n) is 12.3. The highest BCUT2D eigenvalue weighted by atomic mass is 32.1. The number of amides is 1. The van der Waals surface area contributed by atoms with Gasteiger partial charge in [0.05, 0.1) is 17.4 Å². The molecule has 1 saturated heterocycles. The quantitative estimate of drug-likeness (QED) is 0.864. The predicted octanol–water partition coefficient (Wildman–Crippen LogP) is 2.00. The fourth-order valence-corrected chi connectivity index (χ4v) is 3.51. The number of ether oxygens (including phenoxy) is 2. The Morgan fingerprint density at radius 2 is 2.10 bits per heavy atom. The summed E-state index contributed by atoms with van der Waals surface area (Å²) in [5.41, 5.74) is 0.896. The Hall–Kier alpha value is -1.73. The van der Waals surface area contributed by atoms with Crippen molar-refractivity contribution in [3.05, 3.63) is 16.3 Å². The molecule has 3 heterocycles.